The number of rotatable bonds is 3. The molecule has 1 aliphatic rings. The third-order valence-corrected chi connectivity index (χ3v) is 3.69. The molecule has 3 rings (SSSR count). The van der Waals surface area contributed by atoms with Gasteiger partial charge in [0.1, 0.15) is 23.5 Å². The molecule has 1 unspecified atom stereocenters. The van der Waals surface area contributed by atoms with Crippen molar-refractivity contribution in [3.05, 3.63) is 42.0 Å². The van der Waals surface area contributed by atoms with E-state index in [0.717, 1.165) is 18.0 Å². The van der Waals surface area contributed by atoms with Crippen molar-refractivity contribution in [2.45, 2.75) is 38.5 Å². The Kier molecular flexibility index (Phi) is 3.22. The Morgan fingerprint density at radius 3 is 2.95 bits per heavy atom. The van der Waals surface area contributed by atoms with Crippen molar-refractivity contribution in [2.24, 2.45) is 7.05 Å². The number of hydrogen-bond donors (Lipinski definition) is 1. The largest absolute Gasteiger partial charge is 0.487 e. The van der Waals surface area contributed by atoms with Crippen molar-refractivity contribution in [2.75, 3.05) is 0 Å². The molecular weight excluding hydrogens is 252 g/mol. The molecule has 0 aliphatic carbocycles. The number of nitrogens with one attached hydrogen (secondary N) is 1. The van der Waals surface area contributed by atoms with E-state index in [9.17, 15) is 0 Å². The highest BCUT2D eigenvalue weighted by atomic mass is 16.5. The summed E-state index contributed by atoms with van der Waals surface area (Å²) in [6, 6.07) is 8.50. The number of aromatic nitrogens is 3. The lowest BCUT2D eigenvalue weighted by Gasteiger charge is -2.38. The molecule has 106 valence electrons. The predicted molar refractivity (Wildman–Crippen MR) is 76.3 cm³/mol. The lowest BCUT2D eigenvalue weighted by molar-refractivity contribution is 0.0655. The minimum atomic E-state index is -0.161. The fourth-order valence-electron chi connectivity index (χ4n) is 2.67. The molecule has 0 saturated heterocycles. The molecule has 5 nitrogen and oxygen atoms in total. The van der Waals surface area contributed by atoms with E-state index in [1.165, 1.54) is 5.56 Å². The van der Waals surface area contributed by atoms with Gasteiger partial charge < -0.3 is 14.6 Å². The molecule has 0 spiro atoms. The molecule has 0 radical (unpaired) electrons. The summed E-state index contributed by atoms with van der Waals surface area (Å²) >= 11 is 0. The minimum absolute atomic E-state index is 0.161. The highest BCUT2D eigenvalue weighted by Gasteiger charge is 2.33. The van der Waals surface area contributed by atoms with Gasteiger partial charge in [0.15, 0.2) is 0 Å². The topological polar surface area (TPSA) is 52.0 Å². The van der Waals surface area contributed by atoms with Crippen molar-refractivity contribution in [3.8, 4) is 5.75 Å². The fraction of sp³-hybridized carbons (Fsp3) is 0.467. The first kappa shape index (κ1) is 13.1. The van der Waals surface area contributed by atoms with E-state index < -0.39 is 0 Å². The normalized spacial score (nSPS) is 20.2. The third-order valence-electron chi connectivity index (χ3n) is 3.69. The van der Waals surface area contributed by atoms with Crippen LogP contribution in [0.5, 0.6) is 5.75 Å². The average molecular weight is 272 g/mol. The molecule has 0 fully saturated rings. The summed E-state index contributed by atoms with van der Waals surface area (Å²) in [6.45, 7) is 4.95. The molecule has 1 aliphatic heterocycles. The van der Waals surface area contributed by atoms with Crippen molar-refractivity contribution >= 4 is 0 Å². The highest BCUT2D eigenvalue weighted by molar-refractivity contribution is 5.38. The molecule has 0 bridgehead atoms. The molecule has 2 heterocycles. The van der Waals surface area contributed by atoms with Gasteiger partial charge in [0.2, 0.25) is 0 Å². The van der Waals surface area contributed by atoms with Crippen LogP contribution in [-0.4, -0.2) is 20.4 Å². The van der Waals surface area contributed by atoms with Crippen molar-refractivity contribution in [1.29, 1.82) is 0 Å². The van der Waals surface area contributed by atoms with Crippen LogP contribution in [0.1, 0.15) is 37.7 Å². The van der Waals surface area contributed by atoms with Gasteiger partial charge in [-0.05, 0) is 19.9 Å². The van der Waals surface area contributed by atoms with Gasteiger partial charge in [-0.25, -0.2) is 0 Å². The van der Waals surface area contributed by atoms with E-state index in [1.54, 1.807) is 6.33 Å². The van der Waals surface area contributed by atoms with Crippen LogP contribution in [0.3, 0.4) is 0 Å². The Bertz CT molecular complexity index is 605. The Labute approximate surface area is 119 Å². The van der Waals surface area contributed by atoms with Gasteiger partial charge in [-0.15, -0.1) is 10.2 Å². The zero-order valence-electron chi connectivity index (χ0n) is 12.1. The van der Waals surface area contributed by atoms with Gasteiger partial charge in [-0.3, -0.25) is 0 Å². The number of para-hydroxylation sites is 1. The second-order valence-electron chi connectivity index (χ2n) is 5.90. The van der Waals surface area contributed by atoms with Gasteiger partial charge in [-0.1, -0.05) is 18.2 Å². The molecule has 1 atom stereocenters. The molecule has 2 aromatic rings. The quantitative estimate of drug-likeness (QED) is 0.930. The average Bonchev–Trinajstić information content (AvgIpc) is 2.80. The van der Waals surface area contributed by atoms with Crippen LogP contribution < -0.4 is 10.1 Å². The SMILES string of the molecule is Cn1cnnc1CNC1CC(C)(C)Oc2ccccc21. The molecule has 1 N–H and O–H groups in total. The van der Waals surface area contributed by atoms with Crippen LogP contribution in [0.2, 0.25) is 0 Å². The van der Waals surface area contributed by atoms with Crippen molar-refractivity contribution < 1.29 is 4.74 Å². The molecule has 1 aromatic heterocycles. The monoisotopic (exact) mass is 272 g/mol. The smallest absolute Gasteiger partial charge is 0.146 e. The molecule has 0 saturated carbocycles. The van der Waals surface area contributed by atoms with Crippen LogP contribution in [0.4, 0.5) is 0 Å². The van der Waals surface area contributed by atoms with Gasteiger partial charge in [0, 0.05) is 25.1 Å². The molecular formula is C15H20N4O. The van der Waals surface area contributed by atoms with Gasteiger partial charge >= 0.3 is 0 Å². The van der Waals surface area contributed by atoms with Crippen LogP contribution in [0.25, 0.3) is 0 Å². The number of aryl methyl sites for hydroxylation is 1. The number of benzene rings is 1. The molecule has 20 heavy (non-hydrogen) atoms. The van der Waals surface area contributed by atoms with Crippen LogP contribution in [-0.2, 0) is 13.6 Å². The van der Waals surface area contributed by atoms with Crippen LogP contribution in [0.15, 0.2) is 30.6 Å². The lowest BCUT2D eigenvalue weighted by atomic mass is 9.90. The number of nitrogens with zero attached hydrogens (tertiary/aromatic N) is 3. The third kappa shape index (κ3) is 2.54. The van der Waals surface area contributed by atoms with Crippen LogP contribution >= 0.6 is 0 Å². The van der Waals surface area contributed by atoms with Crippen molar-refractivity contribution in [1.82, 2.24) is 20.1 Å². The fourth-order valence-corrected chi connectivity index (χ4v) is 2.67. The summed E-state index contributed by atoms with van der Waals surface area (Å²) in [4.78, 5) is 0. The maximum absolute atomic E-state index is 6.04. The second kappa shape index (κ2) is 4.90. The lowest BCUT2D eigenvalue weighted by Crippen LogP contribution is -2.39. The van der Waals surface area contributed by atoms with E-state index in [2.05, 4.69) is 41.5 Å². The first-order valence-electron chi connectivity index (χ1n) is 6.89. The van der Waals surface area contributed by atoms with Gasteiger partial charge in [0.25, 0.3) is 0 Å². The number of hydrogen-bond acceptors (Lipinski definition) is 4. The standard InChI is InChI=1S/C15H20N4O/c1-15(2)8-12(11-6-4-5-7-13(11)20-15)16-9-14-18-17-10-19(14)3/h4-7,10,12,16H,8-9H2,1-3H3. The molecule has 1 aromatic carbocycles. The summed E-state index contributed by atoms with van der Waals surface area (Å²) in [5, 5.41) is 11.6. The Morgan fingerprint density at radius 1 is 1.40 bits per heavy atom. The Hall–Kier alpha value is -1.88. The highest BCUT2D eigenvalue weighted by Crippen LogP contribution is 2.39. The first-order valence-corrected chi connectivity index (χ1v) is 6.89. The summed E-state index contributed by atoms with van der Waals surface area (Å²) in [5.74, 6) is 1.91. The van der Waals surface area contributed by atoms with E-state index in [-0.39, 0.29) is 11.6 Å². The number of ether oxygens (including phenoxy) is 1. The van der Waals surface area contributed by atoms with Crippen molar-refractivity contribution in [3.63, 3.8) is 0 Å². The molecule has 5 heteroatoms. The Balaban J connectivity index is 1.80. The zero-order chi connectivity index (χ0) is 14.2. The summed E-state index contributed by atoms with van der Waals surface area (Å²) in [6.07, 6.45) is 2.65. The predicted octanol–water partition coefficient (Wildman–Crippen LogP) is 2.21. The summed E-state index contributed by atoms with van der Waals surface area (Å²) in [7, 11) is 1.96. The number of fused-ring (bicyclic) bond motifs is 1. The van der Waals surface area contributed by atoms with E-state index in [4.69, 9.17) is 4.74 Å². The second-order valence-corrected chi connectivity index (χ2v) is 5.90. The van der Waals surface area contributed by atoms with Crippen LogP contribution in [0, 0.1) is 0 Å². The Morgan fingerprint density at radius 2 is 2.20 bits per heavy atom. The van der Waals surface area contributed by atoms with E-state index >= 15 is 0 Å². The minimum Gasteiger partial charge on any atom is -0.487 e. The maximum Gasteiger partial charge on any atom is 0.146 e. The summed E-state index contributed by atoms with van der Waals surface area (Å²) in [5.41, 5.74) is 1.06. The van der Waals surface area contributed by atoms with Gasteiger partial charge in [-0.2, -0.15) is 0 Å². The maximum atomic E-state index is 6.04. The zero-order valence-corrected chi connectivity index (χ0v) is 12.1. The first-order chi connectivity index (χ1) is 9.55. The summed E-state index contributed by atoms with van der Waals surface area (Å²) < 4.78 is 7.97. The van der Waals surface area contributed by atoms with E-state index in [0.29, 0.717) is 6.54 Å². The molecule has 0 amide bonds. The van der Waals surface area contributed by atoms with E-state index in [1.807, 2.05) is 23.7 Å². The van der Waals surface area contributed by atoms with Gasteiger partial charge in [0.05, 0.1) is 6.54 Å².